The van der Waals surface area contributed by atoms with Crippen molar-refractivity contribution in [1.82, 2.24) is 4.57 Å². The number of carbonyl (C=O) groups is 1. The zero-order valence-corrected chi connectivity index (χ0v) is 10.5. The number of rotatable bonds is 5. The van der Waals surface area contributed by atoms with Crippen molar-refractivity contribution in [3.8, 4) is 17.0 Å². The molecule has 5 heteroatoms. The van der Waals surface area contributed by atoms with Gasteiger partial charge in [0.15, 0.2) is 0 Å². The van der Waals surface area contributed by atoms with E-state index in [4.69, 9.17) is 14.9 Å². The van der Waals surface area contributed by atoms with Gasteiger partial charge in [-0.3, -0.25) is 0 Å². The summed E-state index contributed by atoms with van der Waals surface area (Å²) >= 11 is 0. The first-order chi connectivity index (χ1) is 9.17. The van der Waals surface area contributed by atoms with Crippen molar-refractivity contribution in [2.24, 2.45) is 0 Å². The van der Waals surface area contributed by atoms with Gasteiger partial charge in [0.25, 0.3) is 0 Å². The molecule has 0 spiro atoms. The number of methoxy groups -OCH3 is 1. The van der Waals surface area contributed by atoms with Gasteiger partial charge >= 0.3 is 5.97 Å². The number of carboxylic acid groups (broad SMARTS) is 1. The molecule has 19 heavy (non-hydrogen) atoms. The van der Waals surface area contributed by atoms with Crippen molar-refractivity contribution < 1.29 is 19.7 Å². The third-order valence-electron chi connectivity index (χ3n) is 2.89. The predicted molar refractivity (Wildman–Crippen MR) is 70.5 cm³/mol. The van der Waals surface area contributed by atoms with Crippen LogP contribution in [0, 0.1) is 0 Å². The second-order valence-electron chi connectivity index (χ2n) is 4.02. The van der Waals surface area contributed by atoms with Crippen LogP contribution in [0.3, 0.4) is 0 Å². The predicted octanol–water partition coefficient (Wildman–Crippen LogP) is 1.85. The molecule has 0 saturated carbocycles. The number of benzene rings is 1. The van der Waals surface area contributed by atoms with Gasteiger partial charge in [0.2, 0.25) is 0 Å². The van der Waals surface area contributed by atoms with E-state index < -0.39 is 5.97 Å². The van der Waals surface area contributed by atoms with Crippen LogP contribution < -0.4 is 4.74 Å². The lowest BCUT2D eigenvalue weighted by Crippen LogP contribution is -2.11. The zero-order chi connectivity index (χ0) is 13.8. The molecule has 0 saturated heterocycles. The molecule has 0 aliphatic heterocycles. The lowest BCUT2D eigenvalue weighted by molar-refractivity contribution is 0.0684. The number of aliphatic hydroxyl groups is 1. The van der Waals surface area contributed by atoms with Gasteiger partial charge in [-0.1, -0.05) is 12.1 Å². The normalized spacial score (nSPS) is 10.4. The molecule has 1 heterocycles. The lowest BCUT2D eigenvalue weighted by Gasteiger charge is -2.11. The number of aromatic nitrogens is 1. The minimum atomic E-state index is -1.01. The highest BCUT2D eigenvalue weighted by Crippen LogP contribution is 2.26. The van der Waals surface area contributed by atoms with Gasteiger partial charge in [-0.15, -0.1) is 0 Å². The van der Waals surface area contributed by atoms with E-state index in [1.807, 2.05) is 24.3 Å². The molecule has 0 unspecified atom stereocenters. The highest BCUT2D eigenvalue weighted by molar-refractivity contribution is 5.87. The first kappa shape index (κ1) is 13.2. The number of aliphatic hydroxyl groups excluding tert-OH is 1. The van der Waals surface area contributed by atoms with Crippen LogP contribution in [0.4, 0.5) is 0 Å². The van der Waals surface area contributed by atoms with Crippen LogP contribution in [0.5, 0.6) is 5.75 Å². The molecule has 0 bridgehead atoms. The van der Waals surface area contributed by atoms with Gasteiger partial charge in [0, 0.05) is 17.8 Å². The fourth-order valence-electron chi connectivity index (χ4n) is 2.03. The third kappa shape index (κ3) is 2.61. The van der Waals surface area contributed by atoms with E-state index in [2.05, 4.69) is 0 Å². The number of nitrogens with zero attached hydrogens (tertiary/aromatic N) is 1. The SMILES string of the molecule is COc1cccc(-c2ccc(C(=O)O)n2CCO)c1. The van der Waals surface area contributed by atoms with Crippen molar-refractivity contribution in [3.63, 3.8) is 0 Å². The number of hydrogen-bond donors (Lipinski definition) is 2. The van der Waals surface area contributed by atoms with Crippen LogP contribution in [-0.4, -0.2) is 34.5 Å². The monoisotopic (exact) mass is 261 g/mol. The van der Waals surface area contributed by atoms with E-state index >= 15 is 0 Å². The van der Waals surface area contributed by atoms with Gasteiger partial charge in [-0.2, -0.15) is 0 Å². The molecule has 0 aliphatic carbocycles. The maximum absolute atomic E-state index is 11.1. The van der Waals surface area contributed by atoms with E-state index in [0.717, 1.165) is 11.3 Å². The van der Waals surface area contributed by atoms with Crippen molar-refractivity contribution in [2.75, 3.05) is 13.7 Å². The summed E-state index contributed by atoms with van der Waals surface area (Å²) in [5.74, 6) is -0.311. The van der Waals surface area contributed by atoms with Crippen molar-refractivity contribution in [3.05, 3.63) is 42.1 Å². The largest absolute Gasteiger partial charge is 0.497 e. The first-order valence-corrected chi connectivity index (χ1v) is 5.85. The molecule has 2 aromatic rings. The quantitative estimate of drug-likeness (QED) is 0.861. The Hall–Kier alpha value is -2.27. The maximum Gasteiger partial charge on any atom is 0.352 e. The molecular weight excluding hydrogens is 246 g/mol. The molecule has 0 fully saturated rings. The summed E-state index contributed by atoms with van der Waals surface area (Å²) < 4.78 is 6.74. The molecule has 1 aromatic heterocycles. The topological polar surface area (TPSA) is 71.7 Å². The number of carboxylic acids is 1. The summed E-state index contributed by atoms with van der Waals surface area (Å²) in [4.78, 5) is 11.1. The summed E-state index contributed by atoms with van der Waals surface area (Å²) in [5.41, 5.74) is 1.75. The van der Waals surface area contributed by atoms with Crippen LogP contribution in [-0.2, 0) is 6.54 Å². The van der Waals surface area contributed by atoms with E-state index in [0.29, 0.717) is 5.75 Å². The summed E-state index contributed by atoms with van der Waals surface area (Å²) in [7, 11) is 1.58. The summed E-state index contributed by atoms with van der Waals surface area (Å²) in [5, 5.41) is 18.2. The van der Waals surface area contributed by atoms with Gasteiger partial charge in [-0.05, 0) is 24.3 Å². The molecular formula is C14H15NO4. The molecule has 0 atom stereocenters. The highest BCUT2D eigenvalue weighted by atomic mass is 16.5. The number of hydrogen-bond acceptors (Lipinski definition) is 3. The van der Waals surface area contributed by atoms with Gasteiger partial charge < -0.3 is 19.5 Å². The van der Waals surface area contributed by atoms with E-state index in [9.17, 15) is 4.79 Å². The molecule has 2 rings (SSSR count). The minimum absolute atomic E-state index is 0.119. The number of ether oxygens (including phenoxy) is 1. The fourth-order valence-corrected chi connectivity index (χ4v) is 2.03. The average molecular weight is 261 g/mol. The molecule has 1 aromatic carbocycles. The van der Waals surface area contributed by atoms with Crippen LogP contribution >= 0.6 is 0 Å². The minimum Gasteiger partial charge on any atom is -0.497 e. The fraction of sp³-hybridized carbons (Fsp3) is 0.214. The van der Waals surface area contributed by atoms with Crippen LogP contribution in [0.25, 0.3) is 11.3 Å². The lowest BCUT2D eigenvalue weighted by atomic mass is 10.1. The van der Waals surface area contributed by atoms with Crippen LogP contribution in [0.2, 0.25) is 0 Å². The second kappa shape index (κ2) is 5.58. The van der Waals surface area contributed by atoms with Crippen LogP contribution in [0.1, 0.15) is 10.5 Å². The average Bonchev–Trinajstić information content (AvgIpc) is 2.83. The van der Waals surface area contributed by atoms with E-state index in [-0.39, 0.29) is 18.8 Å². The standard InChI is InChI=1S/C14H15NO4/c1-19-11-4-2-3-10(9-11)12-5-6-13(14(17)18)15(12)7-8-16/h2-6,9,16H,7-8H2,1H3,(H,17,18). The molecule has 100 valence electrons. The van der Waals surface area contributed by atoms with Gasteiger partial charge in [0.1, 0.15) is 11.4 Å². The van der Waals surface area contributed by atoms with E-state index in [1.165, 1.54) is 6.07 Å². The Labute approximate surface area is 110 Å². The van der Waals surface area contributed by atoms with Crippen molar-refractivity contribution in [1.29, 1.82) is 0 Å². The van der Waals surface area contributed by atoms with Crippen molar-refractivity contribution in [2.45, 2.75) is 6.54 Å². The Balaban J connectivity index is 2.51. The Morgan fingerprint density at radius 1 is 1.32 bits per heavy atom. The summed E-state index contributed by atoms with van der Waals surface area (Å²) in [6.07, 6.45) is 0. The molecule has 0 amide bonds. The summed E-state index contributed by atoms with van der Waals surface area (Å²) in [6.45, 7) is 0.118. The van der Waals surface area contributed by atoms with Gasteiger partial charge in [-0.25, -0.2) is 4.79 Å². The van der Waals surface area contributed by atoms with E-state index in [1.54, 1.807) is 17.7 Å². The summed E-state index contributed by atoms with van der Waals surface area (Å²) in [6, 6.07) is 10.6. The Morgan fingerprint density at radius 3 is 2.74 bits per heavy atom. The number of aromatic carboxylic acids is 1. The highest BCUT2D eigenvalue weighted by Gasteiger charge is 2.14. The smallest absolute Gasteiger partial charge is 0.352 e. The van der Waals surface area contributed by atoms with Crippen molar-refractivity contribution >= 4 is 5.97 Å². The molecule has 0 radical (unpaired) electrons. The Kier molecular flexibility index (Phi) is 3.87. The Morgan fingerprint density at radius 2 is 2.11 bits per heavy atom. The maximum atomic E-state index is 11.1. The first-order valence-electron chi connectivity index (χ1n) is 5.85. The third-order valence-corrected chi connectivity index (χ3v) is 2.89. The molecule has 5 nitrogen and oxygen atoms in total. The van der Waals surface area contributed by atoms with Gasteiger partial charge in [0.05, 0.1) is 13.7 Å². The Bertz CT molecular complexity index is 589. The molecule has 0 aliphatic rings. The van der Waals surface area contributed by atoms with Crippen LogP contribution in [0.15, 0.2) is 36.4 Å². The second-order valence-corrected chi connectivity index (χ2v) is 4.02. The zero-order valence-electron chi connectivity index (χ0n) is 10.5. The molecule has 2 N–H and O–H groups in total.